The minimum Gasteiger partial charge on any atom is -0.340 e. The molecule has 0 unspecified atom stereocenters. The van der Waals surface area contributed by atoms with Crippen molar-refractivity contribution in [3.8, 4) is 0 Å². The van der Waals surface area contributed by atoms with Crippen molar-refractivity contribution in [3.05, 3.63) is 22.4 Å². The van der Waals surface area contributed by atoms with E-state index in [1.807, 2.05) is 11.4 Å². The summed E-state index contributed by atoms with van der Waals surface area (Å²) in [6.07, 6.45) is 2.46. The highest BCUT2D eigenvalue weighted by molar-refractivity contribution is 7.88. The van der Waals surface area contributed by atoms with Crippen LogP contribution in [-0.4, -0.2) is 56.0 Å². The lowest BCUT2D eigenvalue weighted by molar-refractivity contribution is -0.132. The quantitative estimate of drug-likeness (QED) is 0.826. The Bertz CT molecular complexity index is 517. The molecule has 5 nitrogen and oxygen atoms in total. The number of amides is 1. The van der Waals surface area contributed by atoms with Crippen molar-refractivity contribution in [1.29, 1.82) is 0 Å². The van der Waals surface area contributed by atoms with Crippen LogP contribution < -0.4 is 0 Å². The number of hydrogen-bond acceptors (Lipinski definition) is 4. The molecule has 7 heteroatoms. The number of carbonyl (C=O) groups excluding carboxylic acids is 1. The molecule has 0 saturated carbocycles. The molecule has 106 valence electrons. The molecule has 1 aromatic heterocycles. The summed E-state index contributed by atoms with van der Waals surface area (Å²) < 4.78 is 24.2. The highest BCUT2D eigenvalue weighted by Gasteiger charge is 2.25. The van der Waals surface area contributed by atoms with Gasteiger partial charge in [0.05, 0.1) is 6.26 Å². The molecule has 0 atom stereocenters. The van der Waals surface area contributed by atoms with Gasteiger partial charge in [0.15, 0.2) is 0 Å². The summed E-state index contributed by atoms with van der Waals surface area (Å²) in [6, 6.07) is 2.03. The van der Waals surface area contributed by atoms with Gasteiger partial charge in [0, 0.05) is 32.6 Å². The molecule has 0 N–H and O–H groups in total. The maximum absolute atomic E-state index is 12.0. The first kappa shape index (κ1) is 14.5. The second-order valence-corrected chi connectivity index (χ2v) is 7.44. The van der Waals surface area contributed by atoms with Crippen molar-refractivity contribution in [2.24, 2.45) is 0 Å². The van der Waals surface area contributed by atoms with E-state index in [0.29, 0.717) is 32.6 Å². The fraction of sp³-hybridized carbons (Fsp3) is 0.583. The van der Waals surface area contributed by atoms with Gasteiger partial charge in [-0.05, 0) is 28.8 Å². The Morgan fingerprint density at radius 3 is 2.53 bits per heavy atom. The lowest BCUT2D eigenvalue weighted by Crippen LogP contribution is -2.50. The summed E-state index contributed by atoms with van der Waals surface area (Å²) in [4.78, 5) is 13.8. The molecule has 1 aliphatic heterocycles. The van der Waals surface area contributed by atoms with E-state index in [0.717, 1.165) is 6.42 Å². The predicted molar refractivity (Wildman–Crippen MR) is 75.6 cm³/mol. The Hall–Kier alpha value is -0.920. The Morgan fingerprint density at radius 2 is 2.00 bits per heavy atom. The zero-order valence-electron chi connectivity index (χ0n) is 10.9. The first-order valence-corrected chi connectivity index (χ1v) is 9.00. The summed E-state index contributed by atoms with van der Waals surface area (Å²) in [5.74, 6) is 0.111. The van der Waals surface area contributed by atoms with Gasteiger partial charge in [0.2, 0.25) is 15.9 Å². The van der Waals surface area contributed by atoms with Crippen molar-refractivity contribution in [3.63, 3.8) is 0 Å². The summed E-state index contributed by atoms with van der Waals surface area (Å²) in [5.41, 5.74) is 1.19. The number of nitrogens with zero attached hydrogens (tertiary/aromatic N) is 2. The van der Waals surface area contributed by atoms with Crippen LogP contribution in [0.25, 0.3) is 0 Å². The van der Waals surface area contributed by atoms with Crippen LogP contribution in [0.2, 0.25) is 0 Å². The summed E-state index contributed by atoms with van der Waals surface area (Å²) in [6.45, 7) is 1.80. The molecule has 1 saturated heterocycles. The highest BCUT2D eigenvalue weighted by Crippen LogP contribution is 2.11. The molecule has 0 radical (unpaired) electrons. The smallest absolute Gasteiger partial charge is 0.222 e. The second kappa shape index (κ2) is 6.02. The number of sulfonamides is 1. The first-order valence-electron chi connectivity index (χ1n) is 6.21. The highest BCUT2D eigenvalue weighted by atomic mass is 32.2. The number of carbonyl (C=O) groups is 1. The van der Waals surface area contributed by atoms with Crippen molar-refractivity contribution >= 4 is 27.3 Å². The molecule has 0 bridgehead atoms. The average molecular weight is 302 g/mol. The van der Waals surface area contributed by atoms with Crippen molar-refractivity contribution in [2.75, 3.05) is 32.4 Å². The molecule has 1 fully saturated rings. The third-order valence-corrected chi connectivity index (χ3v) is 5.30. The van der Waals surface area contributed by atoms with Gasteiger partial charge in [-0.2, -0.15) is 15.6 Å². The first-order chi connectivity index (χ1) is 8.97. The summed E-state index contributed by atoms with van der Waals surface area (Å²) in [7, 11) is -3.13. The molecule has 19 heavy (non-hydrogen) atoms. The third-order valence-electron chi connectivity index (χ3n) is 3.27. The second-order valence-electron chi connectivity index (χ2n) is 4.67. The molecule has 2 heterocycles. The van der Waals surface area contributed by atoms with Gasteiger partial charge in [-0.3, -0.25) is 4.79 Å². The van der Waals surface area contributed by atoms with Crippen molar-refractivity contribution in [2.45, 2.75) is 12.8 Å². The van der Waals surface area contributed by atoms with E-state index in [1.54, 1.807) is 16.2 Å². The van der Waals surface area contributed by atoms with Gasteiger partial charge in [-0.1, -0.05) is 0 Å². The lowest BCUT2D eigenvalue weighted by Gasteiger charge is -2.33. The van der Waals surface area contributed by atoms with E-state index >= 15 is 0 Å². The summed E-state index contributed by atoms with van der Waals surface area (Å²) in [5, 5.41) is 4.06. The monoisotopic (exact) mass is 302 g/mol. The van der Waals surface area contributed by atoms with Gasteiger partial charge < -0.3 is 4.90 Å². The van der Waals surface area contributed by atoms with E-state index in [2.05, 4.69) is 5.38 Å². The number of thiophene rings is 1. The molecule has 2 rings (SSSR count). The zero-order valence-corrected chi connectivity index (χ0v) is 12.5. The van der Waals surface area contributed by atoms with Crippen LogP contribution in [-0.2, 0) is 21.2 Å². The predicted octanol–water partition coefficient (Wildman–Crippen LogP) is 0.784. The normalized spacial score (nSPS) is 17.6. The van der Waals surface area contributed by atoms with E-state index in [-0.39, 0.29) is 5.91 Å². The van der Waals surface area contributed by atoms with E-state index in [1.165, 1.54) is 16.1 Å². The van der Waals surface area contributed by atoms with Gasteiger partial charge in [0.1, 0.15) is 0 Å². The maximum Gasteiger partial charge on any atom is 0.222 e. The number of aryl methyl sites for hydroxylation is 1. The number of hydrogen-bond donors (Lipinski definition) is 0. The fourth-order valence-corrected chi connectivity index (χ4v) is 3.64. The number of rotatable bonds is 4. The molecule has 0 aromatic carbocycles. The molecule has 0 spiro atoms. The Kier molecular flexibility index (Phi) is 4.59. The average Bonchev–Trinajstić information content (AvgIpc) is 2.88. The molecular formula is C12H18N2O3S2. The van der Waals surface area contributed by atoms with Gasteiger partial charge in [0.25, 0.3) is 0 Å². The standard InChI is InChI=1S/C12H18N2O3S2/c1-19(16,17)14-7-5-13(6-8-14)12(15)3-2-11-4-9-18-10-11/h4,9-10H,2-3,5-8H2,1H3. The Balaban J connectivity index is 1.79. The molecule has 0 aliphatic carbocycles. The topological polar surface area (TPSA) is 57.7 Å². The van der Waals surface area contributed by atoms with Crippen LogP contribution in [0.1, 0.15) is 12.0 Å². The van der Waals surface area contributed by atoms with Crippen molar-refractivity contribution < 1.29 is 13.2 Å². The van der Waals surface area contributed by atoms with Crippen LogP contribution in [0.3, 0.4) is 0 Å². The largest absolute Gasteiger partial charge is 0.340 e. The maximum atomic E-state index is 12.0. The van der Waals surface area contributed by atoms with Crippen LogP contribution in [0.5, 0.6) is 0 Å². The van der Waals surface area contributed by atoms with Gasteiger partial charge in [-0.15, -0.1) is 0 Å². The molecule has 1 amide bonds. The summed E-state index contributed by atoms with van der Waals surface area (Å²) >= 11 is 1.63. The van der Waals surface area contributed by atoms with Crippen LogP contribution in [0.15, 0.2) is 16.8 Å². The van der Waals surface area contributed by atoms with Gasteiger partial charge >= 0.3 is 0 Å². The van der Waals surface area contributed by atoms with E-state index in [4.69, 9.17) is 0 Å². The lowest BCUT2D eigenvalue weighted by atomic mass is 10.1. The van der Waals surface area contributed by atoms with Gasteiger partial charge in [-0.25, -0.2) is 8.42 Å². The third kappa shape index (κ3) is 4.02. The van der Waals surface area contributed by atoms with E-state index < -0.39 is 10.0 Å². The van der Waals surface area contributed by atoms with Crippen LogP contribution in [0, 0.1) is 0 Å². The van der Waals surface area contributed by atoms with Crippen LogP contribution >= 0.6 is 11.3 Å². The Labute approximate surface area is 117 Å². The molecule has 1 aromatic rings. The van der Waals surface area contributed by atoms with E-state index in [9.17, 15) is 13.2 Å². The minimum atomic E-state index is -3.13. The van der Waals surface area contributed by atoms with Crippen molar-refractivity contribution in [1.82, 2.24) is 9.21 Å². The Morgan fingerprint density at radius 1 is 1.32 bits per heavy atom. The zero-order chi connectivity index (χ0) is 13.9. The molecule has 1 aliphatic rings. The van der Waals surface area contributed by atoms with Crippen LogP contribution in [0.4, 0.5) is 0 Å². The number of piperazine rings is 1. The minimum absolute atomic E-state index is 0.111. The molecular weight excluding hydrogens is 284 g/mol. The fourth-order valence-electron chi connectivity index (χ4n) is 2.11. The SMILES string of the molecule is CS(=O)(=O)N1CCN(C(=O)CCc2ccsc2)CC1.